The zero-order valence-corrected chi connectivity index (χ0v) is 13.5. The molecule has 1 heterocycles. The van der Waals surface area contributed by atoms with Crippen molar-refractivity contribution in [3.63, 3.8) is 0 Å². The van der Waals surface area contributed by atoms with E-state index in [0.717, 1.165) is 10.8 Å². The Balaban J connectivity index is 1.72. The number of benzene rings is 3. The van der Waals surface area contributed by atoms with E-state index in [1.165, 1.54) is 6.07 Å². The molecule has 1 aromatic heterocycles. The Bertz CT molecular complexity index is 1190. The normalized spacial score (nSPS) is 11.1. The molecule has 0 saturated heterocycles. The minimum Gasteiger partial charge on any atom is -0.507 e. The van der Waals surface area contributed by atoms with Gasteiger partial charge in [-0.3, -0.25) is 4.79 Å². The van der Waals surface area contributed by atoms with Crippen LogP contribution < -0.4 is 11.0 Å². The van der Waals surface area contributed by atoms with Crippen LogP contribution in [0.5, 0.6) is 5.75 Å². The van der Waals surface area contributed by atoms with Crippen LogP contribution in [0.3, 0.4) is 0 Å². The molecule has 0 bridgehead atoms. The maximum atomic E-state index is 12.5. The first-order chi connectivity index (χ1) is 12.0. The first-order valence-electron chi connectivity index (χ1n) is 7.46. The Labute approximate surface area is 146 Å². The van der Waals surface area contributed by atoms with E-state index in [0.29, 0.717) is 21.7 Å². The SMILES string of the molecule is O=C(Nc1cc(Cl)c2[nH]c(=O)[nH]c2c1)c1cc2ccccc2cc1O. The summed E-state index contributed by atoms with van der Waals surface area (Å²) in [4.78, 5) is 29.1. The van der Waals surface area contributed by atoms with E-state index in [4.69, 9.17) is 11.6 Å². The molecule has 0 unspecified atom stereocenters. The zero-order chi connectivity index (χ0) is 17.6. The number of hydrogen-bond acceptors (Lipinski definition) is 3. The summed E-state index contributed by atoms with van der Waals surface area (Å²) < 4.78 is 0. The molecule has 124 valence electrons. The van der Waals surface area contributed by atoms with E-state index >= 15 is 0 Å². The molecule has 7 heteroatoms. The summed E-state index contributed by atoms with van der Waals surface area (Å²) >= 11 is 6.12. The summed E-state index contributed by atoms with van der Waals surface area (Å²) in [6.45, 7) is 0. The average molecular weight is 354 g/mol. The molecule has 4 aromatic rings. The lowest BCUT2D eigenvalue weighted by Crippen LogP contribution is -2.12. The Kier molecular flexibility index (Phi) is 3.47. The Morgan fingerprint density at radius 3 is 2.52 bits per heavy atom. The quantitative estimate of drug-likeness (QED) is 0.443. The van der Waals surface area contributed by atoms with Crippen LogP contribution in [0.15, 0.2) is 53.3 Å². The standard InChI is InChI=1S/C18H12ClN3O3/c19-13-7-11(8-14-16(13)22-18(25)21-14)20-17(24)12-5-9-3-1-2-4-10(9)6-15(12)23/h1-8,23H,(H,20,24)(H2,21,22,25). The minimum atomic E-state index is -0.475. The maximum Gasteiger partial charge on any atom is 0.323 e. The number of halogens is 1. The molecule has 0 spiro atoms. The molecule has 4 N–H and O–H groups in total. The Morgan fingerprint density at radius 2 is 1.76 bits per heavy atom. The number of imidazole rings is 1. The monoisotopic (exact) mass is 353 g/mol. The number of aromatic hydroxyl groups is 1. The van der Waals surface area contributed by atoms with Crippen LogP contribution in [0, 0.1) is 0 Å². The number of phenols is 1. The summed E-state index contributed by atoms with van der Waals surface area (Å²) in [6, 6.07) is 13.7. The molecule has 0 fully saturated rings. The molecule has 0 saturated carbocycles. The van der Waals surface area contributed by atoms with Crippen molar-refractivity contribution >= 4 is 45.0 Å². The van der Waals surface area contributed by atoms with E-state index < -0.39 is 5.91 Å². The van der Waals surface area contributed by atoms with Gasteiger partial charge in [-0.15, -0.1) is 0 Å². The van der Waals surface area contributed by atoms with Gasteiger partial charge in [0.25, 0.3) is 5.91 Å². The van der Waals surface area contributed by atoms with Crippen molar-refractivity contribution in [3.8, 4) is 5.75 Å². The van der Waals surface area contributed by atoms with E-state index in [2.05, 4.69) is 15.3 Å². The second-order valence-corrected chi connectivity index (χ2v) is 6.04. The van der Waals surface area contributed by atoms with E-state index in [1.807, 2.05) is 24.3 Å². The number of phenolic OH excluding ortho intramolecular Hbond substituents is 1. The van der Waals surface area contributed by atoms with Crippen molar-refractivity contribution in [2.75, 3.05) is 5.32 Å². The lowest BCUT2D eigenvalue weighted by molar-refractivity contribution is 0.102. The number of rotatable bonds is 2. The fraction of sp³-hybridized carbons (Fsp3) is 0. The molecule has 25 heavy (non-hydrogen) atoms. The van der Waals surface area contributed by atoms with Crippen molar-refractivity contribution in [2.24, 2.45) is 0 Å². The number of carbonyl (C=O) groups is 1. The van der Waals surface area contributed by atoms with Gasteiger partial charge >= 0.3 is 5.69 Å². The number of amides is 1. The van der Waals surface area contributed by atoms with Crippen LogP contribution in [0.2, 0.25) is 5.02 Å². The summed E-state index contributed by atoms with van der Waals surface area (Å²) in [5, 5.41) is 14.8. The zero-order valence-electron chi connectivity index (χ0n) is 12.8. The van der Waals surface area contributed by atoms with Crippen LogP contribution >= 0.6 is 11.6 Å². The molecule has 0 aliphatic rings. The highest BCUT2D eigenvalue weighted by Gasteiger charge is 2.14. The summed E-state index contributed by atoms with van der Waals surface area (Å²) in [6.07, 6.45) is 0. The highest BCUT2D eigenvalue weighted by molar-refractivity contribution is 6.35. The van der Waals surface area contributed by atoms with Crippen LogP contribution in [0.25, 0.3) is 21.8 Å². The molecule has 0 aliphatic heterocycles. The number of anilines is 1. The van der Waals surface area contributed by atoms with Crippen LogP contribution in [0.4, 0.5) is 5.69 Å². The second kappa shape index (κ2) is 5.68. The Morgan fingerprint density at radius 1 is 1.04 bits per heavy atom. The molecule has 1 amide bonds. The number of aromatic amines is 2. The highest BCUT2D eigenvalue weighted by Crippen LogP contribution is 2.28. The lowest BCUT2D eigenvalue weighted by atomic mass is 10.1. The van der Waals surface area contributed by atoms with Gasteiger partial charge in [0, 0.05) is 5.69 Å². The third kappa shape index (κ3) is 2.72. The van der Waals surface area contributed by atoms with Gasteiger partial charge in [0.1, 0.15) is 5.75 Å². The predicted octanol–water partition coefficient (Wildman–Crippen LogP) is 3.62. The van der Waals surface area contributed by atoms with Crippen molar-refractivity contribution < 1.29 is 9.90 Å². The van der Waals surface area contributed by atoms with E-state index in [1.54, 1.807) is 18.2 Å². The summed E-state index contributed by atoms with van der Waals surface area (Å²) in [5.74, 6) is -0.588. The average Bonchev–Trinajstić information content (AvgIpc) is 2.95. The van der Waals surface area contributed by atoms with Crippen LogP contribution in [0.1, 0.15) is 10.4 Å². The smallest absolute Gasteiger partial charge is 0.323 e. The van der Waals surface area contributed by atoms with Gasteiger partial charge in [0.05, 0.1) is 21.6 Å². The molecule has 0 radical (unpaired) electrons. The third-order valence-corrected chi connectivity index (χ3v) is 4.24. The fourth-order valence-electron chi connectivity index (χ4n) is 2.78. The summed E-state index contributed by atoms with van der Waals surface area (Å²) in [5.41, 5.74) is 1.13. The molecule has 6 nitrogen and oxygen atoms in total. The summed E-state index contributed by atoms with van der Waals surface area (Å²) in [7, 11) is 0. The first-order valence-corrected chi connectivity index (χ1v) is 7.84. The molecular formula is C18H12ClN3O3. The van der Waals surface area contributed by atoms with Gasteiger partial charge in [-0.1, -0.05) is 35.9 Å². The topological polar surface area (TPSA) is 98.0 Å². The van der Waals surface area contributed by atoms with E-state index in [-0.39, 0.29) is 17.0 Å². The second-order valence-electron chi connectivity index (χ2n) is 5.63. The largest absolute Gasteiger partial charge is 0.507 e. The third-order valence-electron chi connectivity index (χ3n) is 3.94. The Hall–Kier alpha value is -3.25. The molecule has 4 rings (SSSR count). The van der Waals surface area contributed by atoms with Crippen molar-refractivity contribution in [1.29, 1.82) is 0 Å². The molecular weight excluding hydrogens is 342 g/mol. The number of aromatic nitrogens is 2. The molecule has 0 aliphatic carbocycles. The van der Waals surface area contributed by atoms with Gasteiger partial charge in [0.15, 0.2) is 0 Å². The molecule has 0 atom stereocenters. The van der Waals surface area contributed by atoms with Crippen molar-refractivity contribution in [2.45, 2.75) is 0 Å². The number of fused-ring (bicyclic) bond motifs is 2. The first kappa shape index (κ1) is 15.3. The number of H-pyrrole nitrogens is 2. The minimum absolute atomic E-state index is 0.113. The highest BCUT2D eigenvalue weighted by atomic mass is 35.5. The predicted molar refractivity (Wildman–Crippen MR) is 97.5 cm³/mol. The lowest BCUT2D eigenvalue weighted by Gasteiger charge is -2.09. The van der Waals surface area contributed by atoms with Crippen molar-refractivity contribution in [1.82, 2.24) is 9.97 Å². The van der Waals surface area contributed by atoms with Crippen LogP contribution in [-0.2, 0) is 0 Å². The van der Waals surface area contributed by atoms with Crippen molar-refractivity contribution in [3.05, 3.63) is 69.6 Å². The van der Waals surface area contributed by atoms with Gasteiger partial charge in [-0.25, -0.2) is 4.79 Å². The van der Waals surface area contributed by atoms with Gasteiger partial charge in [-0.05, 0) is 35.0 Å². The maximum absolute atomic E-state index is 12.5. The number of hydrogen-bond donors (Lipinski definition) is 4. The number of nitrogens with one attached hydrogen (secondary N) is 3. The van der Waals surface area contributed by atoms with Gasteiger partial charge < -0.3 is 20.4 Å². The fourth-order valence-corrected chi connectivity index (χ4v) is 3.05. The van der Waals surface area contributed by atoms with Gasteiger partial charge in [0.2, 0.25) is 0 Å². The van der Waals surface area contributed by atoms with Gasteiger partial charge in [-0.2, -0.15) is 0 Å². The number of carbonyl (C=O) groups excluding carboxylic acids is 1. The van der Waals surface area contributed by atoms with Crippen LogP contribution in [-0.4, -0.2) is 21.0 Å². The van der Waals surface area contributed by atoms with E-state index in [9.17, 15) is 14.7 Å². The molecule has 3 aromatic carbocycles.